The fourth-order valence-electron chi connectivity index (χ4n) is 1.06. The van der Waals surface area contributed by atoms with Crippen LogP contribution in [0.1, 0.15) is 6.42 Å². The number of nitrogens with one attached hydrogen (secondary N) is 1. The van der Waals surface area contributed by atoms with Gasteiger partial charge in [0.05, 0.1) is 17.9 Å². The number of hydrogen-bond acceptors (Lipinski definition) is 5. The van der Waals surface area contributed by atoms with Gasteiger partial charge < -0.3 is 10.2 Å². The Morgan fingerprint density at radius 3 is 2.47 bits per heavy atom. The third-order valence-electron chi connectivity index (χ3n) is 2.15. The molecule has 0 aromatic rings. The van der Waals surface area contributed by atoms with Crippen LogP contribution in [0.15, 0.2) is 0 Å². The highest BCUT2D eigenvalue weighted by atomic mass is 32.2. The van der Waals surface area contributed by atoms with Gasteiger partial charge in [0.2, 0.25) is 0 Å². The first-order valence-corrected chi connectivity index (χ1v) is 6.88. The van der Waals surface area contributed by atoms with E-state index in [-0.39, 0.29) is 11.8 Å². The Balaban J connectivity index is 3.76. The summed E-state index contributed by atoms with van der Waals surface area (Å²) in [6, 6.07) is 1.96. The second-order valence-electron chi connectivity index (χ2n) is 3.69. The lowest BCUT2D eigenvalue weighted by molar-refractivity contribution is 0.337. The summed E-state index contributed by atoms with van der Waals surface area (Å²) in [5.74, 6) is 0.167. The van der Waals surface area contributed by atoms with Crippen LogP contribution in [0.5, 0.6) is 0 Å². The topological polar surface area (TPSA) is 73.2 Å². The first-order chi connectivity index (χ1) is 6.89. The van der Waals surface area contributed by atoms with E-state index in [1.54, 1.807) is 7.05 Å². The van der Waals surface area contributed by atoms with E-state index in [0.29, 0.717) is 19.5 Å². The van der Waals surface area contributed by atoms with Gasteiger partial charge in [-0.3, -0.25) is 0 Å². The third-order valence-corrected chi connectivity index (χ3v) is 3.07. The minimum Gasteiger partial charge on any atom is -0.305 e. The Morgan fingerprint density at radius 1 is 1.47 bits per heavy atom. The molecule has 15 heavy (non-hydrogen) atoms. The zero-order valence-corrected chi connectivity index (χ0v) is 10.3. The largest absolute Gasteiger partial charge is 0.305 e. The van der Waals surface area contributed by atoms with Gasteiger partial charge in [-0.1, -0.05) is 0 Å². The van der Waals surface area contributed by atoms with Crippen LogP contribution in [0.2, 0.25) is 0 Å². The van der Waals surface area contributed by atoms with E-state index in [2.05, 4.69) is 11.4 Å². The molecular weight excluding hydrogens is 214 g/mol. The quantitative estimate of drug-likeness (QED) is 0.639. The van der Waals surface area contributed by atoms with E-state index in [4.69, 9.17) is 5.26 Å². The van der Waals surface area contributed by atoms with Gasteiger partial charge in [-0.2, -0.15) is 5.26 Å². The van der Waals surface area contributed by atoms with Gasteiger partial charge in [0.15, 0.2) is 0 Å². The molecule has 1 unspecified atom stereocenters. The molecule has 6 heteroatoms. The molecule has 0 spiro atoms. The predicted octanol–water partition coefficient (Wildman–Crippen LogP) is -0.536. The molecule has 1 N–H and O–H groups in total. The maximum Gasteiger partial charge on any atom is 0.148 e. The standard InChI is InChI=1S/C9H19N3O2S/c1-11-9(8-10)4-5-12(2)6-7-15(3,13)14/h9,11H,4-7H2,1-3H3. The van der Waals surface area contributed by atoms with E-state index < -0.39 is 9.84 Å². The lowest BCUT2D eigenvalue weighted by atomic mass is 10.2. The summed E-state index contributed by atoms with van der Waals surface area (Å²) in [5, 5.41) is 11.5. The van der Waals surface area contributed by atoms with E-state index in [1.807, 2.05) is 11.9 Å². The maximum absolute atomic E-state index is 10.9. The van der Waals surface area contributed by atoms with Gasteiger partial charge in [0.25, 0.3) is 0 Å². The highest BCUT2D eigenvalue weighted by molar-refractivity contribution is 7.90. The van der Waals surface area contributed by atoms with Crippen LogP contribution < -0.4 is 5.32 Å². The van der Waals surface area contributed by atoms with Crippen molar-refractivity contribution in [1.29, 1.82) is 5.26 Å². The van der Waals surface area contributed by atoms with Crippen LogP contribution in [0.4, 0.5) is 0 Å². The predicted molar refractivity (Wildman–Crippen MR) is 60.3 cm³/mol. The lowest BCUT2D eigenvalue weighted by Gasteiger charge is -2.17. The third kappa shape index (κ3) is 8.36. The molecule has 0 aliphatic rings. The maximum atomic E-state index is 10.9. The lowest BCUT2D eigenvalue weighted by Crippen LogP contribution is -2.32. The highest BCUT2D eigenvalue weighted by Crippen LogP contribution is 1.94. The summed E-state index contributed by atoms with van der Waals surface area (Å²) in [6.45, 7) is 1.23. The first-order valence-electron chi connectivity index (χ1n) is 4.82. The van der Waals surface area contributed by atoms with Gasteiger partial charge >= 0.3 is 0 Å². The molecule has 0 aliphatic carbocycles. The van der Waals surface area contributed by atoms with E-state index in [9.17, 15) is 8.42 Å². The molecule has 0 saturated heterocycles. The van der Waals surface area contributed by atoms with Gasteiger partial charge in [-0.25, -0.2) is 8.42 Å². The van der Waals surface area contributed by atoms with Crippen LogP contribution in [0, 0.1) is 11.3 Å². The smallest absolute Gasteiger partial charge is 0.148 e. The summed E-state index contributed by atoms with van der Waals surface area (Å²) < 4.78 is 21.8. The van der Waals surface area contributed by atoms with E-state index in [0.717, 1.165) is 0 Å². The van der Waals surface area contributed by atoms with Crippen molar-refractivity contribution in [3.05, 3.63) is 0 Å². The molecule has 0 saturated carbocycles. The monoisotopic (exact) mass is 233 g/mol. The van der Waals surface area contributed by atoms with Gasteiger partial charge in [-0.15, -0.1) is 0 Å². The molecule has 0 aromatic carbocycles. The van der Waals surface area contributed by atoms with Gasteiger partial charge in [0.1, 0.15) is 9.84 Å². The van der Waals surface area contributed by atoms with Crippen molar-refractivity contribution < 1.29 is 8.42 Å². The fraction of sp³-hybridized carbons (Fsp3) is 0.889. The van der Waals surface area contributed by atoms with Crippen LogP contribution in [0.25, 0.3) is 0 Å². The van der Waals surface area contributed by atoms with Crippen molar-refractivity contribution in [2.24, 2.45) is 0 Å². The molecule has 0 rings (SSSR count). The zero-order valence-electron chi connectivity index (χ0n) is 9.52. The second-order valence-corrected chi connectivity index (χ2v) is 5.95. The van der Waals surface area contributed by atoms with Crippen LogP contribution >= 0.6 is 0 Å². The molecule has 0 amide bonds. The Morgan fingerprint density at radius 2 is 2.07 bits per heavy atom. The van der Waals surface area contributed by atoms with Crippen molar-refractivity contribution >= 4 is 9.84 Å². The Labute approximate surface area is 92.0 Å². The minimum atomic E-state index is -2.89. The summed E-state index contributed by atoms with van der Waals surface area (Å²) in [4.78, 5) is 1.92. The molecular formula is C9H19N3O2S. The Hall–Kier alpha value is -0.640. The molecule has 1 atom stereocenters. The van der Waals surface area contributed by atoms with Crippen LogP contribution in [0.3, 0.4) is 0 Å². The summed E-state index contributed by atoms with van der Waals surface area (Å²) in [6.07, 6.45) is 1.93. The Kier molecular flexibility index (Phi) is 6.48. The number of rotatable bonds is 7. The summed E-state index contributed by atoms with van der Waals surface area (Å²) in [7, 11) is 0.706. The van der Waals surface area contributed by atoms with Crippen molar-refractivity contribution in [3.8, 4) is 6.07 Å². The average Bonchev–Trinajstić information content (AvgIpc) is 2.15. The van der Waals surface area contributed by atoms with E-state index in [1.165, 1.54) is 6.26 Å². The zero-order chi connectivity index (χ0) is 11.9. The van der Waals surface area contributed by atoms with Crippen LogP contribution in [-0.4, -0.2) is 58.6 Å². The van der Waals surface area contributed by atoms with Crippen molar-refractivity contribution in [2.75, 3.05) is 39.2 Å². The molecule has 0 radical (unpaired) electrons. The van der Waals surface area contributed by atoms with E-state index >= 15 is 0 Å². The van der Waals surface area contributed by atoms with Crippen molar-refractivity contribution in [2.45, 2.75) is 12.5 Å². The van der Waals surface area contributed by atoms with Crippen molar-refractivity contribution in [3.63, 3.8) is 0 Å². The molecule has 0 heterocycles. The van der Waals surface area contributed by atoms with Crippen LogP contribution in [-0.2, 0) is 9.84 Å². The van der Waals surface area contributed by atoms with Crippen molar-refractivity contribution in [1.82, 2.24) is 10.2 Å². The highest BCUT2D eigenvalue weighted by Gasteiger charge is 2.08. The number of hydrogen-bond donors (Lipinski definition) is 1. The molecule has 88 valence electrons. The molecule has 0 bridgehead atoms. The second kappa shape index (κ2) is 6.77. The fourth-order valence-corrected chi connectivity index (χ4v) is 1.70. The Bertz CT molecular complexity index is 308. The molecule has 0 aliphatic heterocycles. The number of sulfone groups is 1. The number of nitriles is 1. The SMILES string of the molecule is CNC(C#N)CCN(C)CCS(C)(=O)=O. The average molecular weight is 233 g/mol. The minimum absolute atomic E-state index is 0.161. The molecule has 5 nitrogen and oxygen atoms in total. The molecule has 0 aromatic heterocycles. The molecule has 0 fully saturated rings. The number of nitrogens with zero attached hydrogens (tertiary/aromatic N) is 2. The van der Waals surface area contributed by atoms with Gasteiger partial charge in [0, 0.05) is 19.3 Å². The van der Waals surface area contributed by atoms with Gasteiger partial charge in [-0.05, 0) is 20.5 Å². The first kappa shape index (κ1) is 14.4. The summed E-state index contributed by atoms with van der Waals surface area (Å²) >= 11 is 0. The summed E-state index contributed by atoms with van der Waals surface area (Å²) in [5.41, 5.74) is 0. The normalized spacial score (nSPS) is 13.8.